The van der Waals surface area contributed by atoms with Gasteiger partial charge in [-0.25, -0.2) is 0 Å². The highest BCUT2D eigenvalue weighted by molar-refractivity contribution is 5.69. The van der Waals surface area contributed by atoms with Gasteiger partial charge in [-0.05, 0) is 42.2 Å². The van der Waals surface area contributed by atoms with Gasteiger partial charge in [-0.1, -0.05) is 72.8 Å². The maximum Gasteiger partial charge on any atom is 0.317 e. The van der Waals surface area contributed by atoms with Crippen LogP contribution in [0.1, 0.15) is 12.5 Å². The molecule has 0 bridgehead atoms. The molecule has 4 heteroatoms. The maximum absolute atomic E-state index is 11.5. The first kappa shape index (κ1) is 20.2. The number of anilines is 1. The SMILES string of the molecule is C[C@@]1(Cc2ccccc2)CN(c2ccc(-c3ccccc3)cc2)CCN1CC(=O)O. The lowest BCUT2D eigenvalue weighted by molar-refractivity contribution is -0.140. The van der Waals surface area contributed by atoms with Crippen molar-refractivity contribution in [3.8, 4) is 11.1 Å². The topological polar surface area (TPSA) is 43.8 Å². The summed E-state index contributed by atoms with van der Waals surface area (Å²) < 4.78 is 0. The zero-order valence-electron chi connectivity index (χ0n) is 17.4. The highest BCUT2D eigenvalue weighted by Gasteiger charge is 2.38. The molecule has 0 spiro atoms. The molecule has 1 heterocycles. The van der Waals surface area contributed by atoms with Crippen LogP contribution in [0, 0.1) is 0 Å². The smallest absolute Gasteiger partial charge is 0.317 e. The number of nitrogens with zero attached hydrogens (tertiary/aromatic N) is 2. The van der Waals surface area contributed by atoms with Crippen LogP contribution < -0.4 is 4.90 Å². The Morgan fingerprint density at radius 1 is 0.867 bits per heavy atom. The second-order valence-electron chi connectivity index (χ2n) is 8.31. The van der Waals surface area contributed by atoms with Crippen LogP contribution in [0.25, 0.3) is 11.1 Å². The van der Waals surface area contributed by atoms with E-state index in [0.717, 1.165) is 26.1 Å². The van der Waals surface area contributed by atoms with E-state index in [0.29, 0.717) is 0 Å². The van der Waals surface area contributed by atoms with Crippen LogP contribution in [0.2, 0.25) is 0 Å². The molecule has 0 amide bonds. The van der Waals surface area contributed by atoms with Gasteiger partial charge in [0.1, 0.15) is 0 Å². The number of carboxylic acids is 1. The van der Waals surface area contributed by atoms with Crippen LogP contribution in [-0.4, -0.2) is 47.7 Å². The number of carbonyl (C=O) groups is 1. The molecule has 0 saturated carbocycles. The molecule has 0 unspecified atom stereocenters. The molecule has 0 aliphatic carbocycles. The van der Waals surface area contributed by atoms with Crippen molar-refractivity contribution in [2.75, 3.05) is 31.1 Å². The summed E-state index contributed by atoms with van der Waals surface area (Å²) in [7, 11) is 0. The first-order valence-electron chi connectivity index (χ1n) is 10.4. The largest absolute Gasteiger partial charge is 0.480 e. The highest BCUT2D eigenvalue weighted by atomic mass is 16.4. The monoisotopic (exact) mass is 400 g/mol. The second kappa shape index (κ2) is 8.72. The molecule has 1 atom stereocenters. The third kappa shape index (κ3) is 4.55. The van der Waals surface area contributed by atoms with Gasteiger partial charge in [-0.2, -0.15) is 0 Å². The van der Waals surface area contributed by atoms with Crippen LogP contribution >= 0.6 is 0 Å². The predicted octanol–water partition coefficient (Wildman–Crippen LogP) is 4.56. The third-order valence-corrected chi connectivity index (χ3v) is 6.03. The first-order chi connectivity index (χ1) is 14.5. The van der Waals surface area contributed by atoms with Crippen molar-refractivity contribution < 1.29 is 9.90 Å². The van der Waals surface area contributed by atoms with E-state index in [4.69, 9.17) is 0 Å². The van der Waals surface area contributed by atoms with Crippen molar-refractivity contribution in [2.45, 2.75) is 18.9 Å². The second-order valence-corrected chi connectivity index (χ2v) is 8.31. The summed E-state index contributed by atoms with van der Waals surface area (Å²) >= 11 is 0. The molecule has 1 saturated heterocycles. The molecule has 4 rings (SSSR count). The van der Waals surface area contributed by atoms with Crippen LogP contribution in [-0.2, 0) is 11.2 Å². The molecular formula is C26H28N2O2. The number of carboxylic acid groups (broad SMARTS) is 1. The van der Waals surface area contributed by atoms with Crippen LogP contribution in [0.4, 0.5) is 5.69 Å². The van der Waals surface area contributed by atoms with Crippen molar-refractivity contribution >= 4 is 11.7 Å². The van der Waals surface area contributed by atoms with Gasteiger partial charge in [0.05, 0.1) is 6.54 Å². The summed E-state index contributed by atoms with van der Waals surface area (Å²) in [5, 5.41) is 9.43. The maximum atomic E-state index is 11.5. The average Bonchev–Trinajstić information content (AvgIpc) is 2.76. The summed E-state index contributed by atoms with van der Waals surface area (Å²) in [5.41, 5.74) is 4.58. The Morgan fingerprint density at radius 2 is 1.47 bits per heavy atom. The molecule has 0 aromatic heterocycles. The highest BCUT2D eigenvalue weighted by Crippen LogP contribution is 2.30. The van der Waals surface area contributed by atoms with Gasteiger partial charge in [0, 0.05) is 30.9 Å². The zero-order chi connectivity index (χ0) is 21.0. The molecule has 1 aliphatic heterocycles. The van der Waals surface area contributed by atoms with Crippen molar-refractivity contribution in [3.63, 3.8) is 0 Å². The zero-order valence-corrected chi connectivity index (χ0v) is 17.4. The number of hydrogen-bond acceptors (Lipinski definition) is 3. The molecule has 3 aromatic carbocycles. The van der Waals surface area contributed by atoms with E-state index in [1.807, 2.05) is 24.3 Å². The van der Waals surface area contributed by atoms with E-state index < -0.39 is 5.97 Å². The molecule has 1 N–H and O–H groups in total. The fraction of sp³-hybridized carbons (Fsp3) is 0.269. The van der Waals surface area contributed by atoms with E-state index in [1.165, 1.54) is 22.4 Å². The van der Waals surface area contributed by atoms with Gasteiger partial charge < -0.3 is 10.0 Å². The summed E-state index contributed by atoms with van der Waals surface area (Å²) in [4.78, 5) is 16.0. The molecule has 30 heavy (non-hydrogen) atoms. The lowest BCUT2D eigenvalue weighted by atomic mass is 9.88. The fourth-order valence-electron chi connectivity index (χ4n) is 4.45. The van der Waals surface area contributed by atoms with Crippen LogP contribution in [0.15, 0.2) is 84.9 Å². The number of benzene rings is 3. The molecule has 3 aromatic rings. The van der Waals surface area contributed by atoms with Crippen LogP contribution in [0.5, 0.6) is 0 Å². The first-order valence-corrected chi connectivity index (χ1v) is 10.4. The molecule has 1 aliphatic rings. The Balaban J connectivity index is 1.56. The van der Waals surface area contributed by atoms with Crippen LogP contribution in [0.3, 0.4) is 0 Å². The van der Waals surface area contributed by atoms with E-state index in [2.05, 4.69) is 77.4 Å². The van der Waals surface area contributed by atoms with E-state index in [9.17, 15) is 9.90 Å². The molecule has 4 nitrogen and oxygen atoms in total. The summed E-state index contributed by atoms with van der Waals surface area (Å²) in [5.74, 6) is -0.769. The predicted molar refractivity (Wildman–Crippen MR) is 122 cm³/mol. The van der Waals surface area contributed by atoms with Gasteiger partial charge in [0.25, 0.3) is 0 Å². The van der Waals surface area contributed by atoms with Gasteiger partial charge >= 0.3 is 5.97 Å². The molecule has 154 valence electrons. The normalized spacial score (nSPS) is 19.6. The molecular weight excluding hydrogens is 372 g/mol. The van der Waals surface area contributed by atoms with Gasteiger partial charge in [0.2, 0.25) is 0 Å². The van der Waals surface area contributed by atoms with Gasteiger partial charge in [-0.3, -0.25) is 9.69 Å². The number of aliphatic carboxylic acids is 1. The van der Waals surface area contributed by atoms with Crippen molar-refractivity contribution in [3.05, 3.63) is 90.5 Å². The minimum absolute atomic E-state index is 0.0735. The van der Waals surface area contributed by atoms with Gasteiger partial charge in [0.15, 0.2) is 0 Å². The number of rotatable bonds is 6. The van der Waals surface area contributed by atoms with E-state index in [1.54, 1.807) is 0 Å². The Morgan fingerprint density at radius 3 is 2.10 bits per heavy atom. The minimum atomic E-state index is -0.769. The molecule has 1 fully saturated rings. The van der Waals surface area contributed by atoms with Crippen molar-refractivity contribution in [1.82, 2.24) is 4.90 Å². The summed E-state index contributed by atoms with van der Waals surface area (Å²) in [6.07, 6.45) is 0.819. The quantitative estimate of drug-likeness (QED) is 0.659. The van der Waals surface area contributed by atoms with Crippen molar-refractivity contribution in [2.24, 2.45) is 0 Å². The Bertz CT molecular complexity index is 973. The van der Waals surface area contributed by atoms with E-state index in [-0.39, 0.29) is 12.1 Å². The average molecular weight is 401 g/mol. The fourth-order valence-corrected chi connectivity index (χ4v) is 4.45. The molecule has 0 radical (unpaired) electrons. The lowest BCUT2D eigenvalue weighted by Gasteiger charge is -2.49. The summed E-state index contributed by atoms with van der Waals surface area (Å²) in [6, 6.07) is 29.4. The Kier molecular flexibility index (Phi) is 5.86. The third-order valence-electron chi connectivity index (χ3n) is 6.03. The Labute approximate surface area is 178 Å². The lowest BCUT2D eigenvalue weighted by Crippen LogP contribution is -2.63. The standard InChI is InChI=1S/C26H28N2O2/c1-26(18-21-8-4-2-5-9-21)20-27(16-17-28(26)19-25(29)30)24-14-12-23(13-15-24)22-10-6-3-7-11-22/h2-15H,16-20H2,1H3,(H,29,30)/t26-/m1/s1. The minimum Gasteiger partial charge on any atom is -0.480 e. The number of piperazine rings is 1. The Hall–Kier alpha value is -3.11. The van der Waals surface area contributed by atoms with Crippen molar-refractivity contribution in [1.29, 1.82) is 0 Å². The number of hydrogen-bond donors (Lipinski definition) is 1. The van der Waals surface area contributed by atoms with E-state index >= 15 is 0 Å². The van der Waals surface area contributed by atoms with Gasteiger partial charge in [-0.15, -0.1) is 0 Å². The summed E-state index contributed by atoms with van der Waals surface area (Å²) in [6.45, 7) is 4.61.